The third-order valence-electron chi connectivity index (χ3n) is 4.18. The van der Waals surface area contributed by atoms with E-state index in [1.54, 1.807) is 54.4 Å². The van der Waals surface area contributed by atoms with E-state index in [0.717, 1.165) is 0 Å². The monoisotopic (exact) mass is 402 g/mol. The van der Waals surface area contributed by atoms with Crippen molar-refractivity contribution in [3.8, 4) is 17.1 Å². The number of likely N-dealkylation sites (N-methyl/N-ethyl adjacent to an activating group) is 1. The van der Waals surface area contributed by atoms with Crippen molar-refractivity contribution in [1.82, 2.24) is 9.88 Å². The lowest BCUT2D eigenvalue weighted by Gasteiger charge is -2.17. The fourth-order valence-electron chi connectivity index (χ4n) is 2.57. The third kappa shape index (κ3) is 5.33. The van der Waals surface area contributed by atoms with Gasteiger partial charge in [0.25, 0.3) is 0 Å². The standard InChI is InChI=1S/C21H20ClFN2O3/c1-25(12-13-27-16-8-6-15(22)7-9-16)21(26)11-10-20-24-14-19(28-20)17-4-2-3-5-18(17)23/h2-9,14H,10-13H2,1H3. The molecule has 3 rings (SSSR count). The maximum absolute atomic E-state index is 13.8. The highest BCUT2D eigenvalue weighted by atomic mass is 35.5. The molecule has 0 aliphatic carbocycles. The SMILES string of the molecule is CN(CCOc1ccc(Cl)cc1)C(=O)CCc1ncc(-c2ccccc2F)o1. The number of carbonyl (C=O) groups excluding carboxylic acids is 1. The number of nitrogens with zero attached hydrogens (tertiary/aromatic N) is 2. The Morgan fingerprint density at radius 3 is 2.71 bits per heavy atom. The van der Waals surface area contributed by atoms with Crippen LogP contribution in [0.5, 0.6) is 5.75 Å². The first-order chi connectivity index (χ1) is 13.5. The number of halogens is 2. The molecule has 1 heterocycles. The number of oxazole rings is 1. The van der Waals surface area contributed by atoms with Gasteiger partial charge < -0.3 is 14.1 Å². The van der Waals surface area contributed by atoms with Gasteiger partial charge in [0.15, 0.2) is 11.7 Å². The number of amides is 1. The molecule has 1 amide bonds. The van der Waals surface area contributed by atoms with E-state index in [-0.39, 0.29) is 18.1 Å². The van der Waals surface area contributed by atoms with Crippen LogP contribution in [0, 0.1) is 5.82 Å². The molecule has 28 heavy (non-hydrogen) atoms. The second-order valence-corrected chi connectivity index (χ2v) is 6.65. The molecule has 5 nitrogen and oxygen atoms in total. The van der Waals surface area contributed by atoms with Gasteiger partial charge in [-0.2, -0.15) is 0 Å². The number of carbonyl (C=O) groups is 1. The van der Waals surface area contributed by atoms with E-state index in [1.165, 1.54) is 12.3 Å². The first kappa shape index (κ1) is 19.9. The molecule has 7 heteroatoms. The van der Waals surface area contributed by atoms with Crippen molar-refractivity contribution in [2.75, 3.05) is 20.2 Å². The van der Waals surface area contributed by atoms with Crippen LogP contribution in [0.2, 0.25) is 5.02 Å². The zero-order chi connectivity index (χ0) is 19.9. The molecule has 0 spiro atoms. The van der Waals surface area contributed by atoms with Crippen LogP contribution in [0.15, 0.2) is 59.1 Å². The topological polar surface area (TPSA) is 55.6 Å². The summed E-state index contributed by atoms with van der Waals surface area (Å²) in [5, 5.41) is 0.643. The second kappa shape index (κ2) is 9.37. The summed E-state index contributed by atoms with van der Waals surface area (Å²) in [5.41, 5.74) is 0.351. The molecule has 0 unspecified atom stereocenters. The molecule has 1 aromatic heterocycles. The highest BCUT2D eigenvalue weighted by Gasteiger charge is 2.13. The van der Waals surface area contributed by atoms with E-state index in [2.05, 4.69) is 4.98 Å². The summed E-state index contributed by atoms with van der Waals surface area (Å²) in [5.74, 6) is 1.03. The molecular weight excluding hydrogens is 383 g/mol. The molecule has 0 aliphatic heterocycles. The first-order valence-corrected chi connectivity index (χ1v) is 9.22. The Morgan fingerprint density at radius 1 is 1.21 bits per heavy atom. The summed E-state index contributed by atoms with van der Waals surface area (Å²) in [7, 11) is 1.72. The molecule has 0 saturated heterocycles. The molecule has 2 aromatic carbocycles. The van der Waals surface area contributed by atoms with Crippen LogP contribution < -0.4 is 4.74 Å². The zero-order valence-electron chi connectivity index (χ0n) is 15.4. The minimum atomic E-state index is -0.373. The average molecular weight is 403 g/mol. The average Bonchev–Trinajstić information content (AvgIpc) is 3.16. The van der Waals surface area contributed by atoms with Gasteiger partial charge >= 0.3 is 0 Å². The Bertz CT molecular complexity index is 927. The van der Waals surface area contributed by atoms with E-state index in [4.69, 9.17) is 20.8 Å². The lowest BCUT2D eigenvalue weighted by atomic mass is 10.2. The lowest BCUT2D eigenvalue weighted by molar-refractivity contribution is -0.130. The molecule has 0 aliphatic rings. The van der Waals surface area contributed by atoms with E-state index < -0.39 is 0 Å². The van der Waals surface area contributed by atoms with Gasteiger partial charge in [-0.3, -0.25) is 4.79 Å². The highest BCUT2D eigenvalue weighted by molar-refractivity contribution is 6.30. The molecule has 0 saturated carbocycles. The van der Waals surface area contributed by atoms with Crippen molar-refractivity contribution in [2.24, 2.45) is 0 Å². The highest BCUT2D eigenvalue weighted by Crippen LogP contribution is 2.23. The predicted molar refractivity (Wildman–Crippen MR) is 105 cm³/mol. The number of hydrogen-bond donors (Lipinski definition) is 0. The number of ether oxygens (including phenoxy) is 1. The maximum Gasteiger partial charge on any atom is 0.222 e. The minimum absolute atomic E-state index is 0.0506. The van der Waals surface area contributed by atoms with Crippen molar-refractivity contribution in [3.63, 3.8) is 0 Å². The smallest absolute Gasteiger partial charge is 0.222 e. The second-order valence-electron chi connectivity index (χ2n) is 6.22. The van der Waals surface area contributed by atoms with Gasteiger partial charge in [0.05, 0.1) is 18.3 Å². The van der Waals surface area contributed by atoms with Gasteiger partial charge in [-0.1, -0.05) is 23.7 Å². The lowest BCUT2D eigenvalue weighted by Crippen LogP contribution is -2.31. The van der Waals surface area contributed by atoms with Crippen LogP contribution in [0.4, 0.5) is 4.39 Å². The van der Waals surface area contributed by atoms with E-state index in [9.17, 15) is 9.18 Å². The molecule has 0 fully saturated rings. The normalized spacial score (nSPS) is 10.7. The third-order valence-corrected chi connectivity index (χ3v) is 4.43. The van der Waals surface area contributed by atoms with Crippen molar-refractivity contribution < 1.29 is 18.3 Å². The van der Waals surface area contributed by atoms with Gasteiger partial charge in [-0.05, 0) is 36.4 Å². The van der Waals surface area contributed by atoms with Crippen LogP contribution in [0.25, 0.3) is 11.3 Å². The van der Waals surface area contributed by atoms with Crippen LogP contribution in [0.1, 0.15) is 12.3 Å². The van der Waals surface area contributed by atoms with Crippen molar-refractivity contribution in [3.05, 3.63) is 71.5 Å². The fraction of sp³-hybridized carbons (Fsp3) is 0.238. The predicted octanol–water partition coefficient (Wildman–Crippen LogP) is 4.60. The first-order valence-electron chi connectivity index (χ1n) is 8.85. The largest absolute Gasteiger partial charge is 0.492 e. The number of rotatable bonds is 8. The summed E-state index contributed by atoms with van der Waals surface area (Å²) >= 11 is 5.83. The van der Waals surface area contributed by atoms with Crippen molar-refractivity contribution >= 4 is 17.5 Å². The van der Waals surface area contributed by atoms with Gasteiger partial charge in [0.1, 0.15) is 18.2 Å². The summed E-state index contributed by atoms with van der Waals surface area (Å²) < 4.78 is 25.0. The van der Waals surface area contributed by atoms with Crippen LogP contribution in [-0.2, 0) is 11.2 Å². The summed E-state index contributed by atoms with van der Waals surface area (Å²) in [6.45, 7) is 0.827. The minimum Gasteiger partial charge on any atom is -0.492 e. The van der Waals surface area contributed by atoms with Gasteiger partial charge in [0.2, 0.25) is 5.91 Å². The Morgan fingerprint density at radius 2 is 1.96 bits per heavy atom. The van der Waals surface area contributed by atoms with E-state index in [0.29, 0.717) is 47.6 Å². The quantitative estimate of drug-likeness (QED) is 0.552. The Hall–Kier alpha value is -2.86. The zero-order valence-corrected chi connectivity index (χ0v) is 16.2. The maximum atomic E-state index is 13.8. The number of aryl methyl sites for hydroxylation is 1. The summed E-state index contributed by atoms with van der Waals surface area (Å²) in [6, 6.07) is 13.4. The van der Waals surface area contributed by atoms with Crippen molar-refractivity contribution in [2.45, 2.75) is 12.8 Å². The Labute approximate surface area is 167 Å². The molecule has 3 aromatic rings. The number of benzene rings is 2. The fourth-order valence-corrected chi connectivity index (χ4v) is 2.70. The number of aromatic nitrogens is 1. The van der Waals surface area contributed by atoms with Gasteiger partial charge in [-0.25, -0.2) is 9.37 Å². The molecule has 146 valence electrons. The molecule has 0 bridgehead atoms. The molecular formula is C21H20ClFN2O3. The number of hydrogen-bond acceptors (Lipinski definition) is 4. The molecule has 0 N–H and O–H groups in total. The van der Waals surface area contributed by atoms with E-state index >= 15 is 0 Å². The van der Waals surface area contributed by atoms with Gasteiger partial charge in [-0.15, -0.1) is 0 Å². The Balaban J connectivity index is 1.44. The van der Waals surface area contributed by atoms with E-state index in [1.807, 2.05) is 0 Å². The van der Waals surface area contributed by atoms with Crippen LogP contribution in [0.3, 0.4) is 0 Å². The van der Waals surface area contributed by atoms with Gasteiger partial charge in [0, 0.05) is 24.9 Å². The summed E-state index contributed by atoms with van der Waals surface area (Å²) in [4.78, 5) is 18.0. The van der Waals surface area contributed by atoms with Crippen molar-refractivity contribution in [1.29, 1.82) is 0 Å². The molecule has 0 radical (unpaired) electrons. The molecule has 0 atom stereocenters. The van der Waals surface area contributed by atoms with Crippen LogP contribution >= 0.6 is 11.6 Å². The Kier molecular flexibility index (Phi) is 6.66. The summed E-state index contributed by atoms with van der Waals surface area (Å²) in [6.07, 6.45) is 2.06. The van der Waals surface area contributed by atoms with Crippen LogP contribution in [-0.4, -0.2) is 36.0 Å².